The molecular weight excluding hydrogens is 847 g/mol. The van der Waals surface area contributed by atoms with Crippen molar-refractivity contribution in [2.75, 3.05) is 14.7 Å². The minimum Gasteiger partial charge on any atom is -0.310 e. The fourth-order valence-corrected chi connectivity index (χ4v) is 11.5. The van der Waals surface area contributed by atoms with Gasteiger partial charge in [-0.2, -0.15) is 0 Å². The van der Waals surface area contributed by atoms with Crippen molar-refractivity contribution >= 4 is 51.2 Å². The van der Waals surface area contributed by atoms with Crippen LogP contribution in [0.5, 0.6) is 0 Å². The van der Waals surface area contributed by atoms with E-state index < -0.39 is 5.41 Å². The maximum Gasteiger partial charge on any atom is 0.0743 e. The van der Waals surface area contributed by atoms with Gasteiger partial charge in [-0.05, 0) is 245 Å². The first kappa shape index (κ1) is 46.1. The van der Waals surface area contributed by atoms with E-state index in [0.29, 0.717) is 0 Å². The molecule has 0 spiro atoms. The SMILES string of the molecule is Cc1cc(C)c(C)c(N(c2cccc(C3(c4cccc(N(c5cc(C)cc(C)c5C)c5cc(C)cc(C)c5C)c4)c4ccccc4N(c4ccccc4)c4ccccc43)c2)c2cc(C)cc(C)c2C)c1. The van der Waals surface area contributed by atoms with E-state index in [2.05, 4.69) is 274 Å². The molecule has 0 aliphatic carbocycles. The maximum absolute atomic E-state index is 2.53. The molecule has 1 aliphatic rings. The van der Waals surface area contributed by atoms with Gasteiger partial charge in [-0.1, -0.05) is 103 Å². The fraction of sp³-hybridized carbons (Fsp3) is 0.194. The van der Waals surface area contributed by atoms with Crippen LogP contribution in [-0.2, 0) is 5.41 Å². The lowest BCUT2D eigenvalue weighted by Gasteiger charge is -2.47. The third kappa shape index (κ3) is 7.69. The van der Waals surface area contributed by atoms with Crippen LogP contribution in [0.1, 0.15) is 89.0 Å². The maximum atomic E-state index is 2.53. The quantitative estimate of drug-likeness (QED) is 0.143. The van der Waals surface area contributed by atoms with Crippen molar-refractivity contribution in [1.82, 2.24) is 0 Å². The lowest BCUT2D eigenvalue weighted by molar-refractivity contribution is 0.731. The number of hydrogen-bond donors (Lipinski definition) is 0. The summed E-state index contributed by atoms with van der Waals surface area (Å²) >= 11 is 0. The summed E-state index contributed by atoms with van der Waals surface area (Å²) in [4.78, 5) is 7.52. The lowest BCUT2D eigenvalue weighted by atomic mass is 9.62. The van der Waals surface area contributed by atoms with Crippen LogP contribution in [0.2, 0.25) is 0 Å². The molecule has 3 nitrogen and oxygen atoms in total. The number of nitrogens with zero attached hydrogens (tertiary/aromatic N) is 3. The summed E-state index contributed by atoms with van der Waals surface area (Å²) in [6.07, 6.45) is 0. The summed E-state index contributed by atoms with van der Waals surface area (Å²) in [5.41, 5.74) is 29.7. The molecule has 10 rings (SSSR count). The average molecular weight is 912 g/mol. The van der Waals surface area contributed by atoms with Crippen LogP contribution in [0.15, 0.2) is 176 Å². The van der Waals surface area contributed by atoms with E-state index in [4.69, 9.17) is 0 Å². The Morgan fingerprint density at radius 2 is 0.643 bits per heavy atom. The third-order valence-corrected chi connectivity index (χ3v) is 15.3. The summed E-state index contributed by atoms with van der Waals surface area (Å²) in [5.74, 6) is 0. The highest BCUT2D eigenvalue weighted by Gasteiger charge is 2.47. The Kier molecular flexibility index (Phi) is 11.9. The highest BCUT2D eigenvalue weighted by Crippen LogP contribution is 2.59. The monoisotopic (exact) mass is 912 g/mol. The summed E-state index contributed by atoms with van der Waals surface area (Å²) in [6.45, 7) is 27.0. The van der Waals surface area contributed by atoms with Crippen molar-refractivity contribution in [3.05, 3.63) is 265 Å². The Bertz CT molecular complexity index is 3160. The zero-order valence-corrected chi connectivity index (χ0v) is 43.1. The molecule has 1 aliphatic heterocycles. The molecule has 0 fully saturated rings. The van der Waals surface area contributed by atoms with E-state index in [0.717, 1.165) is 28.4 Å². The first-order chi connectivity index (χ1) is 33.7. The Labute approximate surface area is 417 Å². The second kappa shape index (κ2) is 18.0. The predicted molar refractivity (Wildman–Crippen MR) is 299 cm³/mol. The number of para-hydroxylation sites is 3. The predicted octanol–water partition coefficient (Wildman–Crippen LogP) is 18.5. The number of anilines is 9. The molecule has 0 unspecified atom stereocenters. The summed E-state index contributed by atoms with van der Waals surface area (Å²) < 4.78 is 0. The van der Waals surface area contributed by atoms with Gasteiger partial charge in [0.05, 0.1) is 16.8 Å². The van der Waals surface area contributed by atoms with Gasteiger partial charge in [-0.15, -0.1) is 0 Å². The Morgan fingerprint density at radius 1 is 0.314 bits per heavy atom. The van der Waals surface area contributed by atoms with Gasteiger partial charge in [0.25, 0.3) is 0 Å². The lowest BCUT2D eigenvalue weighted by Crippen LogP contribution is -2.38. The van der Waals surface area contributed by atoms with Crippen LogP contribution in [0, 0.1) is 83.1 Å². The van der Waals surface area contributed by atoms with Crippen LogP contribution in [0.3, 0.4) is 0 Å². The second-order valence-electron chi connectivity index (χ2n) is 20.1. The fourth-order valence-electron chi connectivity index (χ4n) is 11.5. The van der Waals surface area contributed by atoms with Crippen molar-refractivity contribution in [3.8, 4) is 0 Å². The van der Waals surface area contributed by atoms with E-state index in [1.807, 2.05) is 0 Å². The molecule has 70 heavy (non-hydrogen) atoms. The number of hydrogen-bond acceptors (Lipinski definition) is 3. The topological polar surface area (TPSA) is 9.72 Å². The first-order valence-electron chi connectivity index (χ1n) is 24.8. The largest absolute Gasteiger partial charge is 0.310 e. The van der Waals surface area contributed by atoms with Crippen molar-refractivity contribution in [2.45, 2.75) is 88.5 Å². The summed E-state index contributed by atoms with van der Waals surface area (Å²) in [7, 11) is 0. The van der Waals surface area contributed by atoms with Crippen molar-refractivity contribution < 1.29 is 0 Å². The van der Waals surface area contributed by atoms with Gasteiger partial charge in [0, 0.05) is 39.8 Å². The minimum absolute atomic E-state index is 0.772. The van der Waals surface area contributed by atoms with Gasteiger partial charge in [0.2, 0.25) is 0 Å². The third-order valence-electron chi connectivity index (χ3n) is 15.3. The molecule has 0 aromatic heterocycles. The van der Waals surface area contributed by atoms with Crippen molar-refractivity contribution in [1.29, 1.82) is 0 Å². The Balaban J connectivity index is 1.33. The zero-order valence-electron chi connectivity index (χ0n) is 43.1. The van der Waals surface area contributed by atoms with Gasteiger partial charge < -0.3 is 14.7 Å². The number of rotatable bonds is 9. The number of aryl methyl sites for hydroxylation is 8. The highest BCUT2D eigenvalue weighted by molar-refractivity contribution is 5.91. The van der Waals surface area contributed by atoms with E-state index in [1.54, 1.807) is 0 Å². The van der Waals surface area contributed by atoms with Crippen LogP contribution in [-0.4, -0.2) is 0 Å². The number of benzene rings is 9. The molecule has 9 aromatic carbocycles. The molecule has 0 N–H and O–H groups in total. The van der Waals surface area contributed by atoms with Gasteiger partial charge in [0.1, 0.15) is 0 Å². The summed E-state index contributed by atoms with van der Waals surface area (Å²) in [5, 5.41) is 0. The van der Waals surface area contributed by atoms with Gasteiger partial charge >= 0.3 is 0 Å². The van der Waals surface area contributed by atoms with Gasteiger partial charge in [-0.25, -0.2) is 0 Å². The first-order valence-corrected chi connectivity index (χ1v) is 24.8. The van der Waals surface area contributed by atoms with Crippen molar-refractivity contribution in [2.24, 2.45) is 0 Å². The van der Waals surface area contributed by atoms with Crippen LogP contribution in [0.25, 0.3) is 0 Å². The molecule has 3 heteroatoms. The van der Waals surface area contributed by atoms with Gasteiger partial charge in [0.15, 0.2) is 0 Å². The molecule has 0 bridgehead atoms. The van der Waals surface area contributed by atoms with Crippen LogP contribution >= 0.6 is 0 Å². The Hall–Kier alpha value is -7.62. The second-order valence-corrected chi connectivity index (χ2v) is 20.1. The van der Waals surface area contributed by atoms with E-state index in [1.165, 1.54) is 112 Å². The van der Waals surface area contributed by atoms with E-state index in [-0.39, 0.29) is 0 Å². The molecule has 0 atom stereocenters. The summed E-state index contributed by atoms with van der Waals surface area (Å²) in [6, 6.07) is 66.7. The molecule has 0 saturated heterocycles. The molecule has 348 valence electrons. The molecular formula is C67H65N3. The molecule has 0 saturated carbocycles. The molecule has 9 aromatic rings. The van der Waals surface area contributed by atoms with Gasteiger partial charge in [-0.3, -0.25) is 0 Å². The standard InChI is InChI=1S/C67H65N3/c1-42-32-46(5)50(9)63(36-42)69(64-37-43(2)33-47(6)51(64)10)57-26-20-22-54(40-57)67(59-28-16-18-30-61(59)68(56-24-14-13-15-25-56)62-31-19-17-29-60(62)67)55-23-21-27-58(41-55)70(65-38-44(3)34-48(7)52(65)11)66-39-45(4)35-49(8)53(66)12/h13-41H,1-12H3. The molecule has 0 radical (unpaired) electrons. The molecule has 1 heterocycles. The highest BCUT2D eigenvalue weighted by atomic mass is 15.2. The minimum atomic E-state index is -0.772. The normalized spacial score (nSPS) is 12.7. The Morgan fingerprint density at radius 3 is 1.00 bits per heavy atom. The van der Waals surface area contributed by atoms with Crippen molar-refractivity contribution in [3.63, 3.8) is 0 Å². The van der Waals surface area contributed by atoms with Crippen LogP contribution in [0.4, 0.5) is 51.2 Å². The van der Waals surface area contributed by atoms with E-state index >= 15 is 0 Å². The zero-order chi connectivity index (χ0) is 49.2. The average Bonchev–Trinajstić information content (AvgIpc) is 3.34. The van der Waals surface area contributed by atoms with E-state index in [9.17, 15) is 0 Å². The number of fused-ring (bicyclic) bond motifs is 2. The van der Waals surface area contributed by atoms with Crippen LogP contribution < -0.4 is 14.7 Å². The smallest absolute Gasteiger partial charge is 0.0743 e. The molecule has 0 amide bonds.